The first-order valence-corrected chi connectivity index (χ1v) is 5.36. The van der Waals surface area contributed by atoms with Gasteiger partial charge in [-0.25, -0.2) is 0 Å². The molecule has 2 N–H and O–H groups in total. The second-order valence-electron chi connectivity index (χ2n) is 3.66. The maximum atomic E-state index is 3.99. The van der Waals surface area contributed by atoms with Crippen molar-refractivity contribution in [3.8, 4) is 0 Å². The van der Waals surface area contributed by atoms with E-state index in [0.717, 1.165) is 30.9 Å². The first kappa shape index (κ1) is 10.6. The van der Waals surface area contributed by atoms with E-state index in [2.05, 4.69) is 25.7 Å². The quantitative estimate of drug-likeness (QED) is 0.746. The van der Waals surface area contributed by atoms with Gasteiger partial charge in [0.25, 0.3) is 0 Å². The van der Waals surface area contributed by atoms with Crippen LogP contribution in [0.2, 0.25) is 0 Å². The Morgan fingerprint density at radius 2 is 2.38 bits per heavy atom. The van der Waals surface area contributed by atoms with E-state index >= 15 is 0 Å². The smallest absolute Gasteiger partial charge is 0.148 e. The molecule has 0 atom stereocenters. The minimum Gasteiger partial charge on any atom is -0.369 e. The highest BCUT2D eigenvalue weighted by atomic mass is 15.2. The zero-order valence-electron chi connectivity index (χ0n) is 9.27. The Labute approximate surface area is 94.3 Å². The number of aryl methyl sites for hydroxylation is 2. The molecule has 0 aliphatic rings. The van der Waals surface area contributed by atoms with E-state index < -0.39 is 0 Å². The number of aromatic amines is 1. The van der Waals surface area contributed by atoms with Crippen LogP contribution in [0.1, 0.15) is 17.7 Å². The summed E-state index contributed by atoms with van der Waals surface area (Å²) < 4.78 is 0. The molecule has 0 fully saturated rings. The maximum absolute atomic E-state index is 3.99. The Balaban J connectivity index is 1.72. The number of nitrogens with one attached hydrogen (secondary N) is 2. The van der Waals surface area contributed by atoms with Crippen LogP contribution in [-0.4, -0.2) is 26.9 Å². The molecule has 2 rings (SSSR count). The fourth-order valence-corrected chi connectivity index (χ4v) is 1.52. The van der Waals surface area contributed by atoms with Gasteiger partial charge >= 0.3 is 0 Å². The third-order valence-corrected chi connectivity index (χ3v) is 2.44. The zero-order chi connectivity index (χ0) is 11.2. The van der Waals surface area contributed by atoms with Crippen molar-refractivity contribution in [3.05, 3.63) is 35.8 Å². The van der Waals surface area contributed by atoms with Crippen LogP contribution in [-0.2, 0) is 6.42 Å². The lowest BCUT2D eigenvalue weighted by molar-refractivity contribution is 0.848. The molecule has 2 aromatic rings. The Morgan fingerprint density at radius 3 is 3.06 bits per heavy atom. The second-order valence-corrected chi connectivity index (χ2v) is 3.66. The van der Waals surface area contributed by atoms with Crippen LogP contribution >= 0.6 is 0 Å². The zero-order valence-corrected chi connectivity index (χ0v) is 9.27. The van der Waals surface area contributed by atoms with Gasteiger partial charge < -0.3 is 5.32 Å². The van der Waals surface area contributed by atoms with Gasteiger partial charge in [0.2, 0.25) is 0 Å². The third kappa shape index (κ3) is 2.79. The summed E-state index contributed by atoms with van der Waals surface area (Å²) in [6.45, 7) is 2.93. The second kappa shape index (κ2) is 5.25. The van der Waals surface area contributed by atoms with Crippen molar-refractivity contribution >= 4 is 5.82 Å². The summed E-state index contributed by atoms with van der Waals surface area (Å²) in [5, 5.41) is 17.9. The molecule has 0 aliphatic carbocycles. The third-order valence-electron chi connectivity index (χ3n) is 2.44. The van der Waals surface area contributed by atoms with Gasteiger partial charge in [0, 0.05) is 18.4 Å². The summed E-state index contributed by atoms with van der Waals surface area (Å²) >= 11 is 0. The van der Waals surface area contributed by atoms with E-state index in [1.807, 2.05) is 25.3 Å². The van der Waals surface area contributed by atoms with Gasteiger partial charge in [0.15, 0.2) is 0 Å². The summed E-state index contributed by atoms with van der Waals surface area (Å²) in [4.78, 5) is 0. The minimum atomic E-state index is 0.825. The summed E-state index contributed by atoms with van der Waals surface area (Å²) in [6, 6.07) is 3.78. The summed E-state index contributed by atoms with van der Waals surface area (Å²) in [5.41, 5.74) is 2.43. The average molecular weight is 217 g/mol. The molecule has 0 radical (unpaired) electrons. The number of nitrogens with zero attached hydrogens (tertiary/aromatic N) is 3. The van der Waals surface area contributed by atoms with Crippen molar-refractivity contribution in [3.63, 3.8) is 0 Å². The van der Waals surface area contributed by atoms with Gasteiger partial charge in [0.05, 0.1) is 6.20 Å². The van der Waals surface area contributed by atoms with Crippen LogP contribution < -0.4 is 5.32 Å². The Morgan fingerprint density at radius 1 is 1.44 bits per heavy atom. The van der Waals surface area contributed by atoms with Crippen LogP contribution in [0, 0.1) is 6.92 Å². The Hall–Kier alpha value is -1.91. The molecular formula is C11H15N5. The van der Waals surface area contributed by atoms with E-state index in [1.54, 1.807) is 6.20 Å². The van der Waals surface area contributed by atoms with E-state index in [9.17, 15) is 0 Å². The van der Waals surface area contributed by atoms with Crippen molar-refractivity contribution in [2.45, 2.75) is 19.8 Å². The lowest BCUT2D eigenvalue weighted by atomic mass is 10.1. The Bertz CT molecular complexity index is 423. The van der Waals surface area contributed by atoms with Gasteiger partial charge in [0.1, 0.15) is 5.82 Å². The van der Waals surface area contributed by atoms with Crippen LogP contribution in [0.25, 0.3) is 0 Å². The molecule has 0 saturated carbocycles. The SMILES string of the molecule is Cc1[nH]ncc1CCCNc1cccnn1. The Kier molecular flexibility index (Phi) is 3.48. The number of aromatic nitrogens is 4. The molecule has 0 spiro atoms. The molecule has 2 heterocycles. The van der Waals surface area contributed by atoms with Crippen LogP contribution in [0.3, 0.4) is 0 Å². The number of H-pyrrole nitrogens is 1. The van der Waals surface area contributed by atoms with E-state index in [0.29, 0.717) is 0 Å². The molecule has 5 heteroatoms. The van der Waals surface area contributed by atoms with Gasteiger partial charge in [-0.2, -0.15) is 10.2 Å². The molecule has 0 amide bonds. The molecule has 5 nitrogen and oxygen atoms in total. The summed E-state index contributed by atoms with van der Waals surface area (Å²) in [5.74, 6) is 0.825. The first-order valence-electron chi connectivity index (χ1n) is 5.36. The predicted octanol–water partition coefficient (Wildman–Crippen LogP) is 1.55. The molecule has 2 aromatic heterocycles. The molecule has 0 aliphatic heterocycles. The summed E-state index contributed by atoms with van der Waals surface area (Å²) in [7, 11) is 0. The predicted molar refractivity (Wildman–Crippen MR) is 62.2 cm³/mol. The van der Waals surface area contributed by atoms with Crippen molar-refractivity contribution < 1.29 is 0 Å². The highest BCUT2D eigenvalue weighted by Crippen LogP contribution is 2.06. The summed E-state index contributed by atoms with van der Waals surface area (Å²) in [6.07, 6.45) is 5.63. The van der Waals surface area contributed by atoms with Gasteiger partial charge in [-0.05, 0) is 37.5 Å². The maximum Gasteiger partial charge on any atom is 0.148 e. The number of hydrogen-bond acceptors (Lipinski definition) is 4. The lowest BCUT2D eigenvalue weighted by Gasteiger charge is -2.03. The van der Waals surface area contributed by atoms with Crippen molar-refractivity contribution in [1.29, 1.82) is 0 Å². The fourth-order valence-electron chi connectivity index (χ4n) is 1.52. The van der Waals surface area contributed by atoms with Gasteiger partial charge in [-0.1, -0.05) is 0 Å². The molecule has 0 aromatic carbocycles. The fraction of sp³-hybridized carbons (Fsp3) is 0.364. The number of hydrogen-bond donors (Lipinski definition) is 2. The molecule has 0 bridgehead atoms. The van der Waals surface area contributed by atoms with Crippen LogP contribution in [0.4, 0.5) is 5.82 Å². The van der Waals surface area contributed by atoms with Crippen LogP contribution in [0.15, 0.2) is 24.5 Å². The molecule has 0 saturated heterocycles. The largest absolute Gasteiger partial charge is 0.369 e. The van der Waals surface area contributed by atoms with Crippen molar-refractivity contribution in [1.82, 2.24) is 20.4 Å². The van der Waals surface area contributed by atoms with E-state index in [1.165, 1.54) is 5.56 Å². The van der Waals surface area contributed by atoms with E-state index in [-0.39, 0.29) is 0 Å². The molecule has 84 valence electrons. The first-order chi connectivity index (χ1) is 7.86. The standard InChI is InChI=1S/C11H15N5/c1-9-10(8-14-15-9)4-2-6-12-11-5-3-7-13-16-11/h3,5,7-8H,2,4,6H2,1H3,(H,12,16)(H,14,15). The molecule has 16 heavy (non-hydrogen) atoms. The normalized spacial score (nSPS) is 10.3. The van der Waals surface area contributed by atoms with Gasteiger partial charge in [-0.3, -0.25) is 5.10 Å². The highest BCUT2D eigenvalue weighted by Gasteiger charge is 1.99. The minimum absolute atomic E-state index is 0.825. The van der Waals surface area contributed by atoms with E-state index in [4.69, 9.17) is 0 Å². The number of anilines is 1. The topological polar surface area (TPSA) is 66.5 Å². The van der Waals surface area contributed by atoms with Gasteiger partial charge in [-0.15, -0.1) is 5.10 Å². The number of rotatable bonds is 5. The van der Waals surface area contributed by atoms with Crippen LogP contribution in [0.5, 0.6) is 0 Å². The van der Waals surface area contributed by atoms with Crippen molar-refractivity contribution in [2.24, 2.45) is 0 Å². The highest BCUT2D eigenvalue weighted by molar-refractivity contribution is 5.31. The monoisotopic (exact) mass is 217 g/mol. The van der Waals surface area contributed by atoms with Crippen molar-refractivity contribution in [2.75, 3.05) is 11.9 Å². The molecule has 0 unspecified atom stereocenters. The average Bonchev–Trinajstić information content (AvgIpc) is 2.72. The molecular weight excluding hydrogens is 202 g/mol. The lowest BCUT2D eigenvalue weighted by Crippen LogP contribution is -2.05.